The third-order valence-corrected chi connectivity index (χ3v) is 6.30. The molecule has 3 aromatic carbocycles. The summed E-state index contributed by atoms with van der Waals surface area (Å²) in [5.41, 5.74) is 6.61. The Morgan fingerprint density at radius 1 is 0.919 bits per heavy atom. The molecule has 0 bridgehead atoms. The Bertz CT molecular complexity index is 1390. The van der Waals surface area contributed by atoms with Gasteiger partial charge in [-0.1, -0.05) is 67.9 Å². The van der Waals surface area contributed by atoms with Crippen LogP contribution in [0.4, 0.5) is 5.95 Å². The number of carbonyl (C=O) groups excluding carboxylic acids is 2. The smallest absolute Gasteiger partial charge is 0.254 e. The molecule has 0 spiro atoms. The quantitative estimate of drug-likeness (QED) is 0.317. The van der Waals surface area contributed by atoms with Gasteiger partial charge >= 0.3 is 0 Å². The van der Waals surface area contributed by atoms with Crippen molar-refractivity contribution in [3.05, 3.63) is 101 Å². The molecule has 4 aromatic rings. The number of carbonyl (C=O) groups is 2. The van der Waals surface area contributed by atoms with Gasteiger partial charge in [-0.3, -0.25) is 19.5 Å². The molecule has 4 rings (SSSR count). The Morgan fingerprint density at radius 3 is 2.27 bits per heavy atom. The van der Waals surface area contributed by atoms with Crippen LogP contribution in [0.15, 0.2) is 79.0 Å². The molecule has 37 heavy (non-hydrogen) atoms. The zero-order valence-electron chi connectivity index (χ0n) is 22.2. The number of aromatic nitrogens is 2. The first kappa shape index (κ1) is 25.9. The number of benzene rings is 3. The van der Waals surface area contributed by atoms with Crippen molar-refractivity contribution in [2.75, 3.05) is 18.4 Å². The molecule has 0 saturated carbocycles. The minimum Gasteiger partial charge on any atom is -0.329 e. The summed E-state index contributed by atoms with van der Waals surface area (Å²) in [6, 6.07) is 23.4. The van der Waals surface area contributed by atoms with E-state index in [0.717, 1.165) is 28.1 Å². The Balaban J connectivity index is 1.63. The van der Waals surface area contributed by atoms with E-state index in [9.17, 15) is 9.59 Å². The molecule has 1 N–H and O–H groups in total. The lowest BCUT2D eigenvalue weighted by atomic mass is 10.1. The van der Waals surface area contributed by atoms with E-state index in [-0.39, 0.29) is 24.3 Å². The number of imidazole rings is 1. The summed E-state index contributed by atoms with van der Waals surface area (Å²) in [5.74, 6) is 0.173. The summed E-state index contributed by atoms with van der Waals surface area (Å²) >= 11 is 0. The first-order chi connectivity index (χ1) is 17.7. The number of nitrogens with one attached hydrogen (secondary N) is 1. The molecule has 0 saturated heterocycles. The topological polar surface area (TPSA) is 67.2 Å². The van der Waals surface area contributed by atoms with E-state index in [2.05, 4.69) is 31.3 Å². The number of amides is 2. The maximum absolute atomic E-state index is 13.3. The molecule has 0 radical (unpaired) electrons. The second-order valence-corrected chi connectivity index (χ2v) is 9.95. The highest BCUT2D eigenvalue weighted by molar-refractivity contribution is 5.99. The van der Waals surface area contributed by atoms with Gasteiger partial charge in [0.05, 0.1) is 5.69 Å². The first-order valence-corrected chi connectivity index (χ1v) is 12.6. The van der Waals surface area contributed by atoms with Crippen molar-refractivity contribution in [1.82, 2.24) is 14.5 Å². The average Bonchev–Trinajstić information content (AvgIpc) is 3.29. The zero-order valence-corrected chi connectivity index (χ0v) is 22.2. The lowest BCUT2D eigenvalue weighted by molar-refractivity contribution is -0.117. The van der Waals surface area contributed by atoms with Gasteiger partial charge in [-0.25, -0.2) is 4.98 Å². The Kier molecular flexibility index (Phi) is 7.87. The number of nitrogens with zero attached hydrogens (tertiary/aromatic N) is 3. The Labute approximate surface area is 219 Å². The number of hydrogen-bond acceptors (Lipinski definition) is 3. The second kappa shape index (κ2) is 11.2. The van der Waals surface area contributed by atoms with Crippen LogP contribution in [-0.2, 0) is 4.79 Å². The van der Waals surface area contributed by atoms with E-state index in [1.807, 2.05) is 92.2 Å². The first-order valence-electron chi connectivity index (χ1n) is 12.6. The van der Waals surface area contributed by atoms with Crippen molar-refractivity contribution in [3.8, 4) is 16.9 Å². The van der Waals surface area contributed by atoms with E-state index in [4.69, 9.17) is 4.98 Å². The maximum Gasteiger partial charge on any atom is 0.254 e. The van der Waals surface area contributed by atoms with Crippen LogP contribution in [-0.4, -0.2) is 39.4 Å². The SMILES string of the molecule is Cc1ccc(C(=O)N(CC(=O)Nc2nc(-c3ccccc3)cn2-c2ccc(C)c(C)c2)CC(C)C)cc1. The Morgan fingerprint density at radius 2 is 1.62 bits per heavy atom. The molecule has 0 unspecified atom stereocenters. The molecule has 0 aliphatic rings. The summed E-state index contributed by atoms with van der Waals surface area (Å²) in [6.07, 6.45) is 1.93. The van der Waals surface area contributed by atoms with Crippen LogP contribution in [0.2, 0.25) is 0 Å². The van der Waals surface area contributed by atoms with Crippen molar-refractivity contribution in [2.45, 2.75) is 34.6 Å². The van der Waals surface area contributed by atoms with Gasteiger partial charge in [0, 0.05) is 29.6 Å². The number of rotatable bonds is 8. The van der Waals surface area contributed by atoms with Gasteiger partial charge in [0.25, 0.3) is 5.91 Å². The molecule has 1 heterocycles. The fraction of sp³-hybridized carbons (Fsp3) is 0.258. The minimum atomic E-state index is -0.295. The molecule has 190 valence electrons. The van der Waals surface area contributed by atoms with Crippen LogP contribution >= 0.6 is 0 Å². The largest absolute Gasteiger partial charge is 0.329 e. The number of hydrogen-bond donors (Lipinski definition) is 1. The van der Waals surface area contributed by atoms with Crippen molar-refractivity contribution in [3.63, 3.8) is 0 Å². The van der Waals surface area contributed by atoms with Crippen LogP contribution in [0.25, 0.3) is 16.9 Å². The molecule has 2 amide bonds. The highest BCUT2D eigenvalue weighted by Gasteiger charge is 2.22. The lowest BCUT2D eigenvalue weighted by Crippen LogP contribution is -2.40. The van der Waals surface area contributed by atoms with Crippen LogP contribution in [0, 0.1) is 26.7 Å². The highest BCUT2D eigenvalue weighted by atomic mass is 16.2. The van der Waals surface area contributed by atoms with E-state index >= 15 is 0 Å². The normalized spacial score (nSPS) is 11.0. The standard InChI is InChI=1S/C31H34N4O2/c1-21(2)18-34(30(37)26-14-11-22(3)12-15-26)20-29(36)33-31-32-28(25-9-7-6-8-10-25)19-35(31)27-16-13-23(4)24(5)17-27/h6-17,19,21H,18,20H2,1-5H3,(H,32,33,36). The van der Waals surface area contributed by atoms with Gasteiger partial charge in [0.15, 0.2) is 0 Å². The fourth-order valence-electron chi connectivity index (χ4n) is 4.17. The predicted molar refractivity (Wildman–Crippen MR) is 149 cm³/mol. The van der Waals surface area contributed by atoms with Gasteiger partial charge in [-0.05, 0) is 62.1 Å². The summed E-state index contributed by atoms with van der Waals surface area (Å²) < 4.78 is 1.89. The monoisotopic (exact) mass is 494 g/mol. The molecule has 0 aliphatic heterocycles. The van der Waals surface area contributed by atoms with Gasteiger partial charge in [-0.15, -0.1) is 0 Å². The van der Waals surface area contributed by atoms with Crippen molar-refractivity contribution in [1.29, 1.82) is 0 Å². The molecule has 0 atom stereocenters. The maximum atomic E-state index is 13.3. The lowest BCUT2D eigenvalue weighted by Gasteiger charge is -2.24. The predicted octanol–water partition coefficient (Wildman–Crippen LogP) is 6.20. The van der Waals surface area contributed by atoms with Gasteiger partial charge in [0.2, 0.25) is 11.9 Å². The third kappa shape index (κ3) is 6.33. The molecule has 0 fully saturated rings. The van der Waals surface area contributed by atoms with Crippen LogP contribution in [0.5, 0.6) is 0 Å². The fourth-order valence-corrected chi connectivity index (χ4v) is 4.17. The molecular weight excluding hydrogens is 460 g/mol. The van der Waals surface area contributed by atoms with Crippen LogP contribution < -0.4 is 5.32 Å². The molecule has 1 aromatic heterocycles. The molecule has 0 aliphatic carbocycles. The third-order valence-electron chi connectivity index (χ3n) is 6.30. The Hall–Kier alpha value is -4.19. The van der Waals surface area contributed by atoms with Crippen molar-refractivity contribution < 1.29 is 9.59 Å². The van der Waals surface area contributed by atoms with E-state index < -0.39 is 0 Å². The number of aryl methyl sites for hydroxylation is 3. The van der Waals surface area contributed by atoms with E-state index in [1.165, 1.54) is 5.56 Å². The zero-order chi connectivity index (χ0) is 26.5. The van der Waals surface area contributed by atoms with Crippen molar-refractivity contribution >= 4 is 17.8 Å². The summed E-state index contributed by atoms with van der Waals surface area (Å²) in [6.45, 7) is 10.6. The molecule has 6 heteroatoms. The second-order valence-electron chi connectivity index (χ2n) is 9.95. The molecular formula is C31H34N4O2. The summed E-state index contributed by atoms with van der Waals surface area (Å²) in [5, 5.41) is 2.97. The summed E-state index contributed by atoms with van der Waals surface area (Å²) in [4.78, 5) is 32.9. The van der Waals surface area contributed by atoms with Gasteiger partial charge in [0.1, 0.15) is 6.54 Å². The minimum absolute atomic E-state index is 0.0641. The number of anilines is 1. The van der Waals surface area contributed by atoms with E-state index in [1.54, 1.807) is 4.90 Å². The average molecular weight is 495 g/mol. The van der Waals surface area contributed by atoms with Crippen LogP contribution in [0.3, 0.4) is 0 Å². The summed E-state index contributed by atoms with van der Waals surface area (Å²) in [7, 11) is 0. The van der Waals surface area contributed by atoms with Crippen LogP contribution in [0.1, 0.15) is 40.9 Å². The van der Waals surface area contributed by atoms with Gasteiger partial charge in [-0.2, -0.15) is 0 Å². The van der Waals surface area contributed by atoms with E-state index in [0.29, 0.717) is 18.1 Å². The highest BCUT2D eigenvalue weighted by Crippen LogP contribution is 2.25. The molecule has 6 nitrogen and oxygen atoms in total. The van der Waals surface area contributed by atoms with Crippen molar-refractivity contribution in [2.24, 2.45) is 5.92 Å². The van der Waals surface area contributed by atoms with Gasteiger partial charge < -0.3 is 4.90 Å².